The van der Waals surface area contributed by atoms with Gasteiger partial charge in [0.2, 0.25) is 0 Å². The number of carboxylic acid groups (broad SMARTS) is 1. The van der Waals surface area contributed by atoms with Crippen molar-refractivity contribution in [2.24, 2.45) is 0 Å². The Kier molecular flexibility index (Phi) is 12.3. The van der Waals surface area contributed by atoms with Crippen molar-refractivity contribution in [3.63, 3.8) is 0 Å². The number of ether oxygens (including phenoxy) is 2. The van der Waals surface area contributed by atoms with Crippen LogP contribution in [0.25, 0.3) is 11.1 Å². The summed E-state index contributed by atoms with van der Waals surface area (Å²) in [5, 5.41) is 12.6. The van der Waals surface area contributed by atoms with E-state index in [1.807, 2.05) is 12.1 Å². The molecule has 0 aliphatic rings. The summed E-state index contributed by atoms with van der Waals surface area (Å²) < 4.78 is 51.3. The Morgan fingerprint density at radius 1 is 0.870 bits per heavy atom. The number of rotatable bonds is 15. The van der Waals surface area contributed by atoms with Crippen LogP contribution in [0, 0.1) is 0 Å². The highest BCUT2D eigenvalue weighted by atomic mass is 79.9. The fraction of sp³-hybridized carbons (Fsp3) is 0.278. The molecule has 0 aliphatic carbocycles. The molecule has 242 valence electrons. The molecule has 4 aromatic rings. The molecule has 0 aromatic heterocycles. The quantitative estimate of drug-likeness (QED) is 0.121. The van der Waals surface area contributed by atoms with E-state index in [1.165, 1.54) is 18.6 Å². The van der Waals surface area contributed by atoms with Gasteiger partial charge in [-0.2, -0.15) is 13.2 Å². The zero-order chi connectivity index (χ0) is 33.1. The zero-order valence-corrected chi connectivity index (χ0v) is 26.9. The highest BCUT2D eigenvalue weighted by molar-refractivity contribution is 9.10. The molecule has 4 rings (SSSR count). The second kappa shape index (κ2) is 16.3. The molecule has 46 heavy (non-hydrogen) atoms. The first kappa shape index (κ1) is 34.6. The predicted molar refractivity (Wildman–Crippen MR) is 174 cm³/mol. The molecule has 0 saturated heterocycles. The van der Waals surface area contributed by atoms with Gasteiger partial charge in [0.15, 0.2) is 0 Å². The van der Waals surface area contributed by atoms with Gasteiger partial charge in [-0.15, -0.1) is 0 Å². The summed E-state index contributed by atoms with van der Waals surface area (Å²) in [6.45, 7) is 2.61. The number of alkyl halides is 3. The maximum Gasteiger partial charge on any atom is 0.416 e. The van der Waals surface area contributed by atoms with E-state index >= 15 is 0 Å². The summed E-state index contributed by atoms with van der Waals surface area (Å²) in [5.74, 6) is -0.648. The van der Waals surface area contributed by atoms with E-state index < -0.39 is 29.7 Å². The monoisotopic (exact) mass is 697 g/mol. The zero-order valence-electron chi connectivity index (χ0n) is 25.3. The summed E-state index contributed by atoms with van der Waals surface area (Å²) in [7, 11) is 0. The Balaban J connectivity index is 1.43. The van der Waals surface area contributed by atoms with Crippen molar-refractivity contribution in [2.45, 2.75) is 57.7 Å². The van der Waals surface area contributed by atoms with Crippen LogP contribution >= 0.6 is 15.9 Å². The molecule has 10 heteroatoms. The summed E-state index contributed by atoms with van der Waals surface area (Å²) >= 11 is 3.38. The fourth-order valence-corrected chi connectivity index (χ4v) is 5.18. The molecule has 6 nitrogen and oxygen atoms in total. The van der Waals surface area contributed by atoms with Crippen molar-refractivity contribution in [3.05, 3.63) is 112 Å². The topological polar surface area (TPSA) is 84.9 Å². The number of aliphatic carboxylic acids is 1. The predicted octanol–water partition coefficient (Wildman–Crippen LogP) is 9.70. The van der Waals surface area contributed by atoms with Crippen molar-refractivity contribution in [1.29, 1.82) is 0 Å². The first-order valence-corrected chi connectivity index (χ1v) is 15.8. The lowest BCUT2D eigenvalue weighted by Gasteiger charge is -2.17. The Labute approximate surface area is 274 Å². The van der Waals surface area contributed by atoms with Gasteiger partial charge in [-0.05, 0) is 66.1 Å². The maximum atomic E-state index is 13.2. The van der Waals surface area contributed by atoms with E-state index in [9.17, 15) is 27.9 Å². The second-order valence-corrected chi connectivity index (χ2v) is 11.7. The molecular formula is C36H35BrF3NO5. The van der Waals surface area contributed by atoms with Crippen molar-refractivity contribution in [3.8, 4) is 28.4 Å². The van der Waals surface area contributed by atoms with Gasteiger partial charge < -0.3 is 19.9 Å². The molecule has 4 aromatic carbocycles. The Hall–Kier alpha value is -4.31. The van der Waals surface area contributed by atoms with Gasteiger partial charge >= 0.3 is 12.1 Å². The number of halogens is 4. The van der Waals surface area contributed by atoms with Crippen LogP contribution in [0.2, 0.25) is 0 Å². The molecule has 1 amide bonds. The lowest BCUT2D eigenvalue weighted by atomic mass is 9.99. The molecule has 0 aliphatic heterocycles. The normalized spacial score (nSPS) is 11.9. The van der Waals surface area contributed by atoms with E-state index in [1.54, 1.807) is 54.6 Å². The van der Waals surface area contributed by atoms with Gasteiger partial charge in [0, 0.05) is 16.5 Å². The van der Waals surface area contributed by atoms with Gasteiger partial charge in [0.1, 0.15) is 23.3 Å². The summed E-state index contributed by atoms with van der Waals surface area (Å²) in [4.78, 5) is 25.4. The van der Waals surface area contributed by atoms with Crippen LogP contribution in [0.5, 0.6) is 17.2 Å². The highest BCUT2D eigenvalue weighted by Gasteiger charge is 2.30. The largest absolute Gasteiger partial charge is 0.493 e. The molecule has 0 fully saturated rings. The van der Waals surface area contributed by atoms with Gasteiger partial charge in [-0.3, -0.25) is 4.79 Å². The van der Waals surface area contributed by atoms with E-state index in [0.29, 0.717) is 33.7 Å². The van der Waals surface area contributed by atoms with E-state index in [-0.39, 0.29) is 17.7 Å². The SMILES string of the molecule is CCCCCCCOc1ccc(Br)cc1C(=O)NC(Cc1ccc(-c2ccccc2Oc2ccc(C(F)(F)F)cc2)cc1)C(=O)O. The molecule has 2 N–H and O–H groups in total. The molecule has 0 radical (unpaired) electrons. The number of para-hydroxylation sites is 1. The third-order valence-electron chi connectivity index (χ3n) is 7.30. The van der Waals surface area contributed by atoms with Crippen LogP contribution in [-0.2, 0) is 17.4 Å². The number of hydrogen-bond acceptors (Lipinski definition) is 4. The minimum Gasteiger partial charge on any atom is -0.493 e. The third kappa shape index (κ3) is 9.84. The number of amides is 1. The summed E-state index contributed by atoms with van der Waals surface area (Å²) in [5.41, 5.74) is 1.61. The number of carbonyl (C=O) groups is 2. The smallest absolute Gasteiger partial charge is 0.416 e. The van der Waals surface area contributed by atoms with Crippen LogP contribution in [-0.4, -0.2) is 29.6 Å². The lowest BCUT2D eigenvalue weighted by Crippen LogP contribution is -2.42. The second-order valence-electron chi connectivity index (χ2n) is 10.8. The first-order chi connectivity index (χ1) is 22.0. The lowest BCUT2D eigenvalue weighted by molar-refractivity contribution is -0.139. The standard InChI is InChI=1S/C36H35BrF3NO5/c1-2-3-4-5-8-21-45-32-20-17-27(37)23-30(32)34(42)41-31(35(43)44)22-24-11-13-25(14-12-24)29-9-6-7-10-33(29)46-28-18-15-26(16-19-28)36(38,39)40/h6-7,9-20,23,31H,2-5,8,21-22H2,1H3,(H,41,42)(H,43,44). The first-order valence-electron chi connectivity index (χ1n) is 15.0. The van der Waals surface area contributed by atoms with Crippen molar-refractivity contribution >= 4 is 27.8 Å². The van der Waals surface area contributed by atoms with Crippen molar-refractivity contribution in [2.75, 3.05) is 6.61 Å². The average molecular weight is 699 g/mol. The van der Waals surface area contributed by atoms with Gasteiger partial charge in [-0.1, -0.05) is 91.0 Å². The number of unbranched alkanes of at least 4 members (excludes halogenated alkanes) is 4. The van der Waals surface area contributed by atoms with Crippen molar-refractivity contribution in [1.82, 2.24) is 5.32 Å². The van der Waals surface area contributed by atoms with Crippen LogP contribution in [0.3, 0.4) is 0 Å². The van der Waals surface area contributed by atoms with E-state index in [0.717, 1.165) is 43.4 Å². The molecule has 1 unspecified atom stereocenters. The molecule has 0 saturated carbocycles. The summed E-state index contributed by atoms with van der Waals surface area (Å²) in [6, 6.07) is 22.5. The minimum absolute atomic E-state index is 0.0344. The average Bonchev–Trinajstić information content (AvgIpc) is 3.03. The van der Waals surface area contributed by atoms with Crippen LogP contribution in [0.4, 0.5) is 13.2 Å². The number of benzene rings is 4. The maximum absolute atomic E-state index is 13.2. The molecule has 0 bridgehead atoms. The Morgan fingerprint density at radius 2 is 1.57 bits per heavy atom. The number of nitrogens with one attached hydrogen (secondary N) is 1. The van der Waals surface area contributed by atoms with Crippen molar-refractivity contribution < 1.29 is 37.3 Å². The summed E-state index contributed by atoms with van der Waals surface area (Å²) in [6.07, 6.45) is 0.914. The molecule has 0 heterocycles. The van der Waals surface area contributed by atoms with E-state index in [2.05, 4.69) is 28.2 Å². The number of hydrogen-bond donors (Lipinski definition) is 2. The minimum atomic E-state index is -4.44. The highest BCUT2D eigenvalue weighted by Crippen LogP contribution is 2.35. The van der Waals surface area contributed by atoms with Crippen LogP contribution < -0.4 is 14.8 Å². The molecule has 0 spiro atoms. The molecule has 1 atom stereocenters. The van der Waals surface area contributed by atoms with Gasteiger partial charge in [0.05, 0.1) is 17.7 Å². The number of carbonyl (C=O) groups excluding carboxylic acids is 1. The van der Waals surface area contributed by atoms with E-state index in [4.69, 9.17) is 9.47 Å². The number of carboxylic acids is 1. The third-order valence-corrected chi connectivity index (χ3v) is 7.79. The van der Waals surface area contributed by atoms with Crippen LogP contribution in [0.15, 0.2) is 95.5 Å². The van der Waals surface area contributed by atoms with Gasteiger partial charge in [-0.25, -0.2) is 4.79 Å². The Morgan fingerprint density at radius 3 is 2.24 bits per heavy atom. The molecular weight excluding hydrogens is 663 g/mol. The van der Waals surface area contributed by atoms with Gasteiger partial charge in [0.25, 0.3) is 5.91 Å². The Bertz CT molecular complexity index is 1610. The van der Waals surface area contributed by atoms with Crippen LogP contribution in [0.1, 0.15) is 60.5 Å². The fourth-order valence-electron chi connectivity index (χ4n) is 4.82.